The minimum atomic E-state index is -0.629. The van der Waals surface area contributed by atoms with Crippen molar-refractivity contribution in [3.05, 3.63) is 81.9 Å². The van der Waals surface area contributed by atoms with E-state index >= 15 is 0 Å². The van der Waals surface area contributed by atoms with E-state index < -0.39 is 5.91 Å². The Morgan fingerprint density at radius 1 is 0.971 bits per heavy atom. The lowest BCUT2D eigenvalue weighted by molar-refractivity contribution is -0.112. The first-order chi connectivity index (χ1) is 16.9. The Balaban J connectivity index is 1.89. The van der Waals surface area contributed by atoms with E-state index in [0.717, 1.165) is 11.1 Å². The average molecular weight is 493 g/mol. The minimum absolute atomic E-state index is 0.133. The van der Waals surface area contributed by atoms with Crippen LogP contribution in [0.15, 0.2) is 60.2 Å². The highest BCUT2D eigenvalue weighted by Crippen LogP contribution is 2.36. The molecule has 3 aromatic carbocycles. The molecule has 0 fully saturated rings. The summed E-state index contributed by atoms with van der Waals surface area (Å²) in [6.07, 6.45) is 1.46. The summed E-state index contributed by atoms with van der Waals surface area (Å²) in [5, 5.41) is 12.7. The van der Waals surface area contributed by atoms with E-state index in [9.17, 15) is 10.1 Å². The van der Waals surface area contributed by atoms with Gasteiger partial charge in [-0.05, 0) is 30.7 Å². The monoisotopic (exact) mass is 492 g/mol. The maximum Gasteiger partial charge on any atom is 0.266 e. The van der Waals surface area contributed by atoms with Crippen LogP contribution in [0.5, 0.6) is 23.0 Å². The second-order valence-corrected chi connectivity index (χ2v) is 7.90. The third-order valence-electron chi connectivity index (χ3n) is 5.12. The van der Waals surface area contributed by atoms with Gasteiger partial charge >= 0.3 is 0 Å². The summed E-state index contributed by atoms with van der Waals surface area (Å²) in [7, 11) is 4.46. The molecular formula is C27H25ClN2O5. The highest BCUT2D eigenvalue weighted by Gasteiger charge is 2.16. The molecule has 8 heteroatoms. The van der Waals surface area contributed by atoms with Gasteiger partial charge in [-0.3, -0.25) is 4.79 Å². The molecule has 0 saturated carbocycles. The largest absolute Gasteiger partial charge is 0.497 e. The van der Waals surface area contributed by atoms with E-state index in [4.69, 9.17) is 30.5 Å². The lowest BCUT2D eigenvalue weighted by Gasteiger charge is -2.14. The number of hydrogen-bond acceptors (Lipinski definition) is 6. The smallest absolute Gasteiger partial charge is 0.266 e. The van der Waals surface area contributed by atoms with Crippen LogP contribution in [0.2, 0.25) is 5.02 Å². The SMILES string of the molecule is COc1ccc(/C=C(\C#N)C(=O)Nc2cc(OC)c(Cl)cc2OC)c(OCc2ccc(C)cc2)c1. The fourth-order valence-electron chi connectivity index (χ4n) is 3.18. The summed E-state index contributed by atoms with van der Waals surface area (Å²) < 4.78 is 21.8. The summed E-state index contributed by atoms with van der Waals surface area (Å²) in [6, 6.07) is 18.1. The van der Waals surface area contributed by atoms with Gasteiger partial charge in [0.2, 0.25) is 0 Å². The van der Waals surface area contributed by atoms with Gasteiger partial charge in [-0.25, -0.2) is 0 Å². The summed E-state index contributed by atoms with van der Waals surface area (Å²) in [5.74, 6) is 1.11. The number of aryl methyl sites for hydroxylation is 1. The number of hydrogen-bond donors (Lipinski definition) is 1. The maximum atomic E-state index is 12.9. The van der Waals surface area contributed by atoms with Crippen molar-refractivity contribution in [2.45, 2.75) is 13.5 Å². The quantitative estimate of drug-likeness (QED) is 0.300. The number of methoxy groups -OCH3 is 3. The molecule has 0 aliphatic heterocycles. The second kappa shape index (κ2) is 11.8. The number of rotatable bonds is 9. The molecule has 0 aliphatic carbocycles. The van der Waals surface area contributed by atoms with Crippen LogP contribution in [0.1, 0.15) is 16.7 Å². The normalized spacial score (nSPS) is 10.8. The Labute approximate surface area is 209 Å². The van der Waals surface area contributed by atoms with Crippen molar-refractivity contribution in [3.8, 4) is 29.1 Å². The molecule has 0 heterocycles. The Morgan fingerprint density at radius 2 is 1.69 bits per heavy atom. The van der Waals surface area contributed by atoms with Gasteiger partial charge in [0.05, 0.1) is 32.0 Å². The first-order valence-electron chi connectivity index (χ1n) is 10.6. The molecule has 0 aliphatic rings. The summed E-state index contributed by atoms with van der Waals surface area (Å²) in [6.45, 7) is 2.32. The highest BCUT2D eigenvalue weighted by atomic mass is 35.5. The standard InChI is InChI=1S/C27H25ClN2O5/c1-17-5-7-18(8-6-17)16-35-24-12-21(32-2)10-9-19(24)11-20(15-29)27(31)30-23-14-25(33-3)22(28)13-26(23)34-4/h5-14H,16H2,1-4H3,(H,30,31)/b20-11+. The molecule has 0 radical (unpaired) electrons. The van der Waals surface area contributed by atoms with Crippen molar-refractivity contribution in [1.82, 2.24) is 0 Å². The molecule has 0 saturated heterocycles. The zero-order valence-corrected chi connectivity index (χ0v) is 20.6. The lowest BCUT2D eigenvalue weighted by Crippen LogP contribution is -2.14. The van der Waals surface area contributed by atoms with Crippen LogP contribution in [-0.4, -0.2) is 27.2 Å². The third kappa shape index (κ3) is 6.46. The van der Waals surface area contributed by atoms with Crippen LogP contribution >= 0.6 is 11.6 Å². The first kappa shape index (κ1) is 25.5. The number of nitrogens with zero attached hydrogens (tertiary/aromatic N) is 1. The fourth-order valence-corrected chi connectivity index (χ4v) is 3.41. The molecule has 180 valence electrons. The number of nitriles is 1. The van der Waals surface area contributed by atoms with Crippen molar-refractivity contribution < 1.29 is 23.7 Å². The van der Waals surface area contributed by atoms with Gasteiger partial charge in [0.25, 0.3) is 5.91 Å². The average Bonchev–Trinajstić information content (AvgIpc) is 2.87. The predicted molar refractivity (Wildman–Crippen MR) is 135 cm³/mol. The summed E-state index contributed by atoms with van der Waals surface area (Å²) in [4.78, 5) is 12.9. The molecule has 0 bridgehead atoms. The third-order valence-corrected chi connectivity index (χ3v) is 5.42. The van der Waals surface area contributed by atoms with Crippen LogP contribution in [0.4, 0.5) is 5.69 Å². The Bertz CT molecular complexity index is 1280. The summed E-state index contributed by atoms with van der Waals surface area (Å²) >= 11 is 6.13. The molecule has 35 heavy (non-hydrogen) atoms. The van der Waals surface area contributed by atoms with E-state index in [1.54, 1.807) is 25.3 Å². The number of anilines is 1. The Hall–Kier alpha value is -4.15. The van der Waals surface area contributed by atoms with Gasteiger partial charge in [0.15, 0.2) is 0 Å². The molecule has 3 aromatic rings. The van der Waals surface area contributed by atoms with Gasteiger partial charge < -0.3 is 24.3 Å². The number of amides is 1. The highest BCUT2D eigenvalue weighted by molar-refractivity contribution is 6.32. The first-order valence-corrected chi connectivity index (χ1v) is 11.0. The number of benzene rings is 3. The number of carbonyl (C=O) groups is 1. The van der Waals surface area contributed by atoms with Crippen LogP contribution in [-0.2, 0) is 11.4 Å². The maximum absolute atomic E-state index is 12.9. The van der Waals surface area contributed by atoms with Crippen LogP contribution in [0, 0.1) is 18.3 Å². The van der Waals surface area contributed by atoms with E-state index in [1.165, 1.54) is 32.4 Å². The molecular weight excluding hydrogens is 468 g/mol. The Morgan fingerprint density at radius 3 is 2.31 bits per heavy atom. The zero-order chi connectivity index (χ0) is 25.4. The van der Waals surface area contributed by atoms with Crippen molar-refractivity contribution in [2.24, 2.45) is 0 Å². The van der Waals surface area contributed by atoms with Gasteiger partial charge in [-0.2, -0.15) is 5.26 Å². The molecule has 0 aromatic heterocycles. The van der Waals surface area contributed by atoms with E-state index in [0.29, 0.717) is 45.9 Å². The molecule has 0 unspecified atom stereocenters. The molecule has 0 spiro atoms. The number of halogens is 1. The minimum Gasteiger partial charge on any atom is -0.497 e. The summed E-state index contributed by atoms with van der Waals surface area (Å²) in [5.41, 5.74) is 2.86. The molecule has 7 nitrogen and oxygen atoms in total. The number of ether oxygens (including phenoxy) is 4. The van der Waals surface area contributed by atoms with E-state index in [1.807, 2.05) is 37.3 Å². The van der Waals surface area contributed by atoms with Crippen molar-refractivity contribution in [2.75, 3.05) is 26.6 Å². The van der Waals surface area contributed by atoms with Crippen molar-refractivity contribution in [1.29, 1.82) is 5.26 Å². The number of nitrogens with one attached hydrogen (secondary N) is 1. The van der Waals surface area contributed by atoms with Gasteiger partial charge in [0, 0.05) is 23.8 Å². The zero-order valence-electron chi connectivity index (χ0n) is 19.8. The van der Waals surface area contributed by atoms with Crippen LogP contribution in [0.25, 0.3) is 6.08 Å². The van der Waals surface area contributed by atoms with Crippen LogP contribution in [0.3, 0.4) is 0 Å². The van der Waals surface area contributed by atoms with E-state index in [-0.39, 0.29) is 5.57 Å². The lowest BCUT2D eigenvalue weighted by atomic mass is 10.1. The molecule has 1 N–H and O–H groups in total. The molecule has 3 rings (SSSR count). The Kier molecular flexibility index (Phi) is 8.60. The van der Waals surface area contributed by atoms with Crippen molar-refractivity contribution >= 4 is 29.3 Å². The van der Waals surface area contributed by atoms with Gasteiger partial charge in [-0.1, -0.05) is 41.4 Å². The van der Waals surface area contributed by atoms with Crippen LogP contribution < -0.4 is 24.3 Å². The van der Waals surface area contributed by atoms with Gasteiger partial charge in [0.1, 0.15) is 41.2 Å². The van der Waals surface area contributed by atoms with Gasteiger partial charge in [-0.15, -0.1) is 0 Å². The van der Waals surface area contributed by atoms with Crippen molar-refractivity contribution in [3.63, 3.8) is 0 Å². The van der Waals surface area contributed by atoms with E-state index in [2.05, 4.69) is 5.32 Å². The number of carbonyl (C=O) groups excluding carboxylic acids is 1. The molecule has 1 amide bonds. The second-order valence-electron chi connectivity index (χ2n) is 7.49. The topological polar surface area (TPSA) is 89.8 Å². The molecule has 0 atom stereocenters. The fraction of sp³-hybridized carbons (Fsp3) is 0.185. The predicted octanol–water partition coefficient (Wildman–Crippen LogP) is 5.80.